The van der Waals surface area contributed by atoms with Gasteiger partial charge in [0.15, 0.2) is 0 Å². The molecule has 1 aliphatic heterocycles. The first kappa shape index (κ1) is 16.1. The van der Waals surface area contributed by atoms with E-state index in [9.17, 15) is 9.00 Å². The number of ether oxygens (including phenoxy) is 1. The summed E-state index contributed by atoms with van der Waals surface area (Å²) in [5.74, 6) is 1.13. The first-order valence-corrected chi connectivity index (χ1v) is 8.31. The van der Waals surface area contributed by atoms with Crippen LogP contribution in [0.2, 0.25) is 5.02 Å². The molecule has 2 amide bonds. The zero-order valence-corrected chi connectivity index (χ0v) is 13.9. The van der Waals surface area contributed by atoms with Crippen LogP contribution in [0.1, 0.15) is 13.8 Å². The van der Waals surface area contributed by atoms with Gasteiger partial charge in [-0.1, -0.05) is 11.6 Å². The number of nitrogens with one attached hydrogen (secondary N) is 1. The minimum Gasteiger partial charge on any atom is -0.497 e. The molecule has 0 aliphatic carbocycles. The van der Waals surface area contributed by atoms with Crippen LogP contribution in [-0.4, -0.2) is 45.8 Å². The monoisotopic (exact) mass is 330 g/mol. The predicted molar refractivity (Wildman–Crippen MR) is 85.7 cm³/mol. The molecular weight excluding hydrogens is 312 g/mol. The van der Waals surface area contributed by atoms with Gasteiger partial charge < -0.3 is 15.0 Å². The Kier molecular flexibility index (Phi) is 4.78. The molecule has 1 N–H and O–H groups in total. The summed E-state index contributed by atoms with van der Waals surface area (Å²) in [6, 6.07) is 4.85. The zero-order chi connectivity index (χ0) is 15.6. The van der Waals surface area contributed by atoms with E-state index in [1.165, 1.54) is 0 Å². The van der Waals surface area contributed by atoms with E-state index in [4.69, 9.17) is 16.3 Å². The molecular formula is C14H19ClN2O3S. The third-order valence-electron chi connectivity index (χ3n) is 3.44. The number of nitrogens with zero attached hydrogens (tertiary/aromatic N) is 1. The lowest BCUT2D eigenvalue weighted by molar-refractivity contribution is 0.207. The van der Waals surface area contributed by atoms with Crippen molar-refractivity contribution in [2.75, 3.05) is 31.3 Å². The Hall–Kier alpha value is -1.27. The fraction of sp³-hybridized carbons (Fsp3) is 0.500. The van der Waals surface area contributed by atoms with Crippen LogP contribution >= 0.6 is 11.6 Å². The van der Waals surface area contributed by atoms with E-state index in [0.29, 0.717) is 35.3 Å². The highest BCUT2D eigenvalue weighted by molar-refractivity contribution is 7.86. The lowest BCUT2D eigenvalue weighted by Gasteiger charge is -2.37. The minimum atomic E-state index is -0.907. The Balaban J connectivity index is 2.07. The Bertz CT molecular complexity index is 577. The van der Waals surface area contributed by atoms with Gasteiger partial charge in [0.2, 0.25) is 0 Å². The maximum absolute atomic E-state index is 12.3. The van der Waals surface area contributed by atoms with Crippen LogP contribution in [0.4, 0.5) is 10.5 Å². The first-order valence-electron chi connectivity index (χ1n) is 6.61. The summed E-state index contributed by atoms with van der Waals surface area (Å²) in [7, 11) is 0.648. The Morgan fingerprint density at radius 1 is 1.48 bits per heavy atom. The first-order chi connectivity index (χ1) is 9.83. The molecule has 5 nitrogen and oxygen atoms in total. The van der Waals surface area contributed by atoms with E-state index in [2.05, 4.69) is 5.32 Å². The van der Waals surface area contributed by atoms with Crippen LogP contribution in [0.25, 0.3) is 0 Å². The number of carbonyl (C=O) groups excluding carboxylic acids is 1. The van der Waals surface area contributed by atoms with Gasteiger partial charge in [-0.25, -0.2) is 4.79 Å². The van der Waals surface area contributed by atoms with Crippen molar-refractivity contribution >= 4 is 34.1 Å². The number of halogens is 1. The van der Waals surface area contributed by atoms with Crippen molar-refractivity contribution in [3.63, 3.8) is 0 Å². The maximum Gasteiger partial charge on any atom is 0.321 e. The summed E-state index contributed by atoms with van der Waals surface area (Å²) in [4.78, 5) is 14.0. The van der Waals surface area contributed by atoms with Crippen LogP contribution in [0.3, 0.4) is 0 Å². The lowest BCUT2D eigenvalue weighted by atomic mass is 10.2. The number of hydrogen-bond acceptors (Lipinski definition) is 3. The number of anilines is 1. The number of carbonyl (C=O) groups is 1. The van der Waals surface area contributed by atoms with Gasteiger partial charge >= 0.3 is 6.03 Å². The number of benzene rings is 1. The number of rotatable bonds is 2. The molecule has 0 radical (unpaired) electrons. The summed E-state index contributed by atoms with van der Waals surface area (Å²) in [6.07, 6.45) is 0. The molecule has 1 aliphatic rings. The molecule has 1 saturated heterocycles. The second-order valence-corrected chi connectivity index (χ2v) is 8.12. The van der Waals surface area contributed by atoms with Gasteiger partial charge in [0.05, 0.1) is 22.6 Å². The number of hydrogen-bond donors (Lipinski definition) is 1. The van der Waals surface area contributed by atoms with Gasteiger partial charge in [-0.2, -0.15) is 0 Å². The van der Waals surface area contributed by atoms with Crippen molar-refractivity contribution in [1.29, 1.82) is 0 Å². The summed E-state index contributed by atoms with van der Waals surface area (Å²) < 4.78 is 16.6. The van der Waals surface area contributed by atoms with Crippen molar-refractivity contribution < 1.29 is 13.7 Å². The standard InChI is InChI=1S/C14H19ClN2O3S/c1-14(2)9-17(6-7-21(14)19)13(18)16-12-5-4-10(20-3)8-11(12)15/h4-5,8H,6-7,9H2,1-3H3,(H,16,18)/t21-/m1/s1. The normalized spacial score (nSPS) is 21.0. The summed E-state index contributed by atoms with van der Waals surface area (Å²) >= 11 is 6.11. The molecule has 7 heteroatoms. The minimum absolute atomic E-state index is 0.230. The SMILES string of the molecule is COc1ccc(NC(=O)N2CC[S@@](=O)C(C)(C)C2)c(Cl)c1. The molecule has 1 heterocycles. The molecule has 0 aromatic heterocycles. The maximum atomic E-state index is 12.3. The largest absolute Gasteiger partial charge is 0.497 e. The third kappa shape index (κ3) is 3.68. The Labute approximate surface area is 132 Å². The van der Waals surface area contributed by atoms with Gasteiger partial charge in [-0.05, 0) is 26.0 Å². The number of methoxy groups -OCH3 is 1. The Morgan fingerprint density at radius 2 is 2.19 bits per heavy atom. The van der Waals surface area contributed by atoms with E-state index in [0.717, 1.165) is 0 Å². The molecule has 0 saturated carbocycles. The smallest absolute Gasteiger partial charge is 0.321 e. The van der Waals surface area contributed by atoms with Crippen LogP contribution in [0.15, 0.2) is 18.2 Å². The van der Waals surface area contributed by atoms with E-state index in [-0.39, 0.29) is 10.8 Å². The number of urea groups is 1. The van der Waals surface area contributed by atoms with Crippen molar-refractivity contribution in [1.82, 2.24) is 4.90 Å². The fourth-order valence-corrected chi connectivity index (χ4v) is 3.63. The van der Waals surface area contributed by atoms with Gasteiger partial charge in [-0.3, -0.25) is 4.21 Å². The molecule has 0 bridgehead atoms. The molecule has 1 aromatic carbocycles. The molecule has 1 atom stereocenters. The average Bonchev–Trinajstić information content (AvgIpc) is 2.43. The van der Waals surface area contributed by atoms with Crippen molar-refractivity contribution in [3.8, 4) is 5.75 Å². The van der Waals surface area contributed by atoms with Crippen molar-refractivity contribution in [2.24, 2.45) is 0 Å². The van der Waals surface area contributed by atoms with E-state index in [1.54, 1.807) is 30.2 Å². The summed E-state index contributed by atoms with van der Waals surface area (Å²) in [6.45, 7) is 4.75. The molecule has 2 rings (SSSR count). The Morgan fingerprint density at radius 3 is 2.76 bits per heavy atom. The van der Waals surface area contributed by atoms with Crippen LogP contribution in [-0.2, 0) is 10.8 Å². The van der Waals surface area contributed by atoms with Crippen molar-refractivity contribution in [3.05, 3.63) is 23.2 Å². The summed E-state index contributed by atoms with van der Waals surface area (Å²) in [5, 5.41) is 3.20. The zero-order valence-electron chi connectivity index (χ0n) is 12.3. The van der Waals surface area contributed by atoms with Gasteiger partial charge in [0.1, 0.15) is 5.75 Å². The molecule has 21 heavy (non-hydrogen) atoms. The average molecular weight is 331 g/mol. The molecule has 116 valence electrons. The molecule has 1 fully saturated rings. The quantitative estimate of drug-likeness (QED) is 0.907. The van der Waals surface area contributed by atoms with Crippen LogP contribution in [0.5, 0.6) is 5.75 Å². The van der Waals surface area contributed by atoms with Crippen LogP contribution < -0.4 is 10.1 Å². The molecule has 1 aromatic rings. The lowest BCUT2D eigenvalue weighted by Crippen LogP contribution is -2.53. The topological polar surface area (TPSA) is 58.6 Å². The van der Waals surface area contributed by atoms with E-state index < -0.39 is 10.8 Å². The highest BCUT2D eigenvalue weighted by Crippen LogP contribution is 2.27. The van der Waals surface area contributed by atoms with E-state index in [1.807, 2.05) is 13.8 Å². The molecule has 0 spiro atoms. The second-order valence-electron chi connectivity index (χ2n) is 5.51. The second kappa shape index (κ2) is 6.23. The van der Waals surface area contributed by atoms with Gasteiger partial charge in [0.25, 0.3) is 0 Å². The fourth-order valence-electron chi connectivity index (χ4n) is 2.17. The predicted octanol–water partition coefficient (Wildman–Crippen LogP) is 2.72. The van der Waals surface area contributed by atoms with E-state index >= 15 is 0 Å². The summed E-state index contributed by atoms with van der Waals surface area (Å²) in [5.41, 5.74) is 0.534. The van der Waals surface area contributed by atoms with Gasteiger partial charge in [0, 0.05) is 35.7 Å². The van der Waals surface area contributed by atoms with Gasteiger partial charge in [-0.15, -0.1) is 0 Å². The highest BCUT2D eigenvalue weighted by Gasteiger charge is 2.35. The third-order valence-corrected chi connectivity index (χ3v) is 5.67. The molecule has 0 unspecified atom stereocenters. The van der Waals surface area contributed by atoms with Crippen molar-refractivity contribution in [2.45, 2.75) is 18.6 Å². The van der Waals surface area contributed by atoms with Crippen LogP contribution in [0, 0.1) is 0 Å². The highest BCUT2D eigenvalue weighted by atomic mass is 35.5. The number of amides is 2.